The van der Waals surface area contributed by atoms with Gasteiger partial charge in [0.25, 0.3) is 0 Å². The summed E-state index contributed by atoms with van der Waals surface area (Å²) in [5, 5.41) is 1.18. The molecule has 1 aliphatic rings. The van der Waals surface area contributed by atoms with E-state index in [9.17, 15) is 8.78 Å². The minimum atomic E-state index is -1.36. The third-order valence-electron chi connectivity index (χ3n) is 5.53. The molecule has 4 heteroatoms. The fourth-order valence-corrected chi connectivity index (χ4v) is 4.38. The van der Waals surface area contributed by atoms with Crippen molar-refractivity contribution in [2.75, 3.05) is 6.54 Å². The fourth-order valence-electron chi connectivity index (χ4n) is 4.38. The molecule has 0 amide bonds. The molecule has 2 aromatic carbocycles. The van der Waals surface area contributed by atoms with E-state index in [0.29, 0.717) is 5.56 Å². The van der Waals surface area contributed by atoms with Crippen molar-refractivity contribution in [3.63, 3.8) is 0 Å². The average Bonchev–Trinajstić information content (AvgIpc) is 2.93. The molecule has 0 aliphatic carbocycles. The second kappa shape index (κ2) is 6.45. The zero-order chi connectivity index (χ0) is 19.3. The highest BCUT2D eigenvalue weighted by Gasteiger charge is 2.39. The third-order valence-corrected chi connectivity index (χ3v) is 5.53. The molecule has 0 spiro atoms. The molecule has 0 unspecified atom stereocenters. The van der Waals surface area contributed by atoms with Crippen LogP contribution >= 0.6 is 0 Å². The van der Waals surface area contributed by atoms with Gasteiger partial charge in [-0.15, -0.1) is 0 Å². The Morgan fingerprint density at radius 2 is 1.96 bits per heavy atom. The number of aryl methyl sites for hydroxylation is 1. The second-order valence-electron chi connectivity index (χ2n) is 8.43. The lowest BCUT2D eigenvalue weighted by molar-refractivity contribution is 0.0656. The summed E-state index contributed by atoms with van der Waals surface area (Å²) in [5.41, 5.74) is 3.38. The molecule has 0 fully saturated rings. The van der Waals surface area contributed by atoms with E-state index in [-0.39, 0.29) is 25.9 Å². The van der Waals surface area contributed by atoms with Crippen LogP contribution in [0.1, 0.15) is 50.6 Å². The smallest absolute Gasteiger partial charge is 0.128 e. The number of H-pyrrole nitrogens is 1. The summed E-state index contributed by atoms with van der Waals surface area (Å²) in [6.07, 6.45) is 0.819. The number of aromatic nitrogens is 1. The van der Waals surface area contributed by atoms with E-state index in [1.807, 2.05) is 37.3 Å². The van der Waals surface area contributed by atoms with Crippen LogP contribution in [-0.2, 0) is 6.42 Å². The Hall–Kier alpha value is -2.20. The zero-order valence-corrected chi connectivity index (χ0v) is 16.3. The van der Waals surface area contributed by atoms with E-state index < -0.39 is 5.67 Å². The van der Waals surface area contributed by atoms with E-state index in [1.54, 1.807) is 19.9 Å². The van der Waals surface area contributed by atoms with Crippen LogP contribution in [-0.4, -0.2) is 28.1 Å². The Kier molecular flexibility index (Phi) is 4.34. The number of rotatable bonds is 3. The normalized spacial score (nSPS) is 20.8. The van der Waals surface area contributed by atoms with Crippen molar-refractivity contribution in [1.82, 2.24) is 9.88 Å². The Morgan fingerprint density at radius 1 is 1.22 bits per heavy atom. The molecule has 0 saturated heterocycles. The lowest BCUT2D eigenvalue weighted by Crippen LogP contribution is -2.48. The van der Waals surface area contributed by atoms with Gasteiger partial charge in [0.2, 0.25) is 0 Å². The van der Waals surface area contributed by atoms with Crippen molar-refractivity contribution < 1.29 is 10.2 Å². The summed E-state index contributed by atoms with van der Waals surface area (Å²) < 4.78 is 29.6. The molecule has 4 rings (SSSR count). The molecule has 144 valence electrons. The highest BCUT2D eigenvalue weighted by atomic mass is 19.1. The van der Waals surface area contributed by atoms with Crippen molar-refractivity contribution in [1.29, 1.82) is 0 Å². The largest absolute Gasteiger partial charge is 0.357 e. The number of hydrogen-bond donors (Lipinski definition) is 1. The molecular weight excluding hydrogens is 342 g/mol. The van der Waals surface area contributed by atoms with Gasteiger partial charge in [0.05, 0.1) is 6.04 Å². The SMILES string of the molecule is Cc1ccc([C@@H]2c3[nH]c4ccccc4c3C[C@@H](C)N2CC(C)(C)F)c(F)c1.[HH]. The summed E-state index contributed by atoms with van der Waals surface area (Å²) in [6, 6.07) is 13.3. The average molecular weight is 370 g/mol. The third kappa shape index (κ3) is 3.27. The first-order chi connectivity index (χ1) is 12.7. The van der Waals surface area contributed by atoms with E-state index in [4.69, 9.17) is 0 Å². The molecule has 2 atom stereocenters. The van der Waals surface area contributed by atoms with Crippen molar-refractivity contribution >= 4 is 10.9 Å². The molecule has 3 aromatic rings. The van der Waals surface area contributed by atoms with Crippen LogP contribution in [0.5, 0.6) is 0 Å². The van der Waals surface area contributed by atoms with Crippen molar-refractivity contribution in [3.8, 4) is 0 Å². The quantitative estimate of drug-likeness (QED) is 0.604. The molecule has 1 aromatic heterocycles. The fraction of sp³-hybridized carbons (Fsp3) is 0.391. The van der Waals surface area contributed by atoms with Gasteiger partial charge in [-0.05, 0) is 57.4 Å². The Balaban J connectivity index is 0.00000225. The number of para-hydroxylation sites is 1. The predicted octanol–water partition coefficient (Wildman–Crippen LogP) is 5.95. The summed E-state index contributed by atoms with van der Waals surface area (Å²) in [5.74, 6) is -0.236. The Bertz CT molecular complexity index is 990. The number of nitrogens with one attached hydrogen (secondary N) is 1. The number of benzene rings is 2. The maximum absolute atomic E-state index is 15.0. The van der Waals surface area contributed by atoms with Gasteiger partial charge in [-0.1, -0.05) is 30.3 Å². The molecule has 0 bridgehead atoms. The van der Waals surface area contributed by atoms with Crippen molar-refractivity contribution in [3.05, 3.63) is 70.7 Å². The number of aromatic amines is 1. The van der Waals surface area contributed by atoms with Crippen LogP contribution in [0.25, 0.3) is 10.9 Å². The monoisotopic (exact) mass is 370 g/mol. The molecule has 2 heterocycles. The minimum Gasteiger partial charge on any atom is -0.357 e. The minimum absolute atomic E-state index is 0. The van der Waals surface area contributed by atoms with Gasteiger partial charge in [-0.25, -0.2) is 8.78 Å². The number of hydrogen-bond acceptors (Lipinski definition) is 1. The van der Waals surface area contributed by atoms with Gasteiger partial charge < -0.3 is 4.98 Å². The molecule has 2 nitrogen and oxygen atoms in total. The highest BCUT2D eigenvalue weighted by Crippen LogP contribution is 2.42. The first kappa shape index (κ1) is 18.2. The summed E-state index contributed by atoms with van der Waals surface area (Å²) in [7, 11) is 0. The highest BCUT2D eigenvalue weighted by molar-refractivity contribution is 5.85. The van der Waals surface area contributed by atoms with Crippen LogP contribution in [0.4, 0.5) is 8.78 Å². The van der Waals surface area contributed by atoms with Crippen molar-refractivity contribution in [2.24, 2.45) is 0 Å². The van der Waals surface area contributed by atoms with E-state index in [2.05, 4.69) is 22.9 Å². The van der Waals surface area contributed by atoms with Crippen LogP contribution < -0.4 is 0 Å². The van der Waals surface area contributed by atoms with Crippen LogP contribution in [0.3, 0.4) is 0 Å². The number of halogens is 2. The Labute approximate surface area is 160 Å². The molecule has 0 saturated carbocycles. The van der Waals surface area contributed by atoms with Gasteiger partial charge in [0.15, 0.2) is 0 Å². The van der Waals surface area contributed by atoms with Gasteiger partial charge >= 0.3 is 0 Å². The van der Waals surface area contributed by atoms with Gasteiger partial charge in [-0.3, -0.25) is 4.90 Å². The van der Waals surface area contributed by atoms with Crippen molar-refractivity contribution in [2.45, 2.75) is 51.9 Å². The number of nitrogens with zero attached hydrogens (tertiary/aromatic N) is 1. The maximum Gasteiger partial charge on any atom is 0.128 e. The summed E-state index contributed by atoms with van der Waals surface area (Å²) in [4.78, 5) is 5.61. The molecule has 27 heavy (non-hydrogen) atoms. The lowest BCUT2D eigenvalue weighted by atomic mass is 9.87. The molecule has 1 aliphatic heterocycles. The van der Waals surface area contributed by atoms with E-state index in [1.165, 1.54) is 10.9 Å². The maximum atomic E-state index is 15.0. The lowest BCUT2D eigenvalue weighted by Gasteiger charge is -2.43. The number of fused-ring (bicyclic) bond motifs is 3. The van der Waals surface area contributed by atoms with Gasteiger partial charge in [0.1, 0.15) is 11.5 Å². The second-order valence-corrected chi connectivity index (χ2v) is 8.43. The molecular formula is C23H28F2N2. The van der Waals surface area contributed by atoms with E-state index in [0.717, 1.165) is 23.2 Å². The standard InChI is InChI=1S/C23H26F2N2.H2/c1-14-9-10-17(19(24)11-14)22-21-18(16-7-5-6-8-20(16)26-21)12-15(2)27(22)13-23(3,4)25;/h5-11,15,22,26H,12-13H2,1-4H3;1H/t15-,22-;/m1./s1. The van der Waals surface area contributed by atoms with Crippen LogP contribution in [0.2, 0.25) is 0 Å². The van der Waals surface area contributed by atoms with Gasteiger partial charge in [-0.2, -0.15) is 0 Å². The Morgan fingerprint density at radius 3 is 2.67 bits per heavy atom. The van der Waals surface area contributed by atoms with E-state index >= 15 is 0 Å². The first-order valence-electron chi connectivity index (χ1n) is 9.55. The number of alkyl halides is 1. The van der Waals surface area contributed by atoms with Crippen LogP contribution in [0, 0.1) is 12.7 Å². The predicted molar refractivity (Wildman–Crippen MR) is 108 cm³/mol. The molecule has 0 radical (unpaired) electrons. The van der Waals surface area contributed by atoms with Crippen LogP contribution in [0.15, 0.2) is 42.5 Å². The summed E-state index contributed by atoms with van der Waals surface area (Å²) in [6.45, 7) is 7.41. The summed E-state index contributed by atoms with van der Waals surface area (Å²) >= 11 is 0. The first-order valence-corrected chi connectivity index (χ1v) is 9.55. The van der Waals surface area contributed by atoms with Gasteiger partial charge in [0, 0.05) is 36.2 Å². The topological polar surface area (TPSA) is 19.0 Å². The zero-order valence-electron chi connectivity index (χ0n) is 16.3. The molecule has 1 N–H and O–H groups in total.